The fourth-order valence-corrected chi connectivity index (χ4v) is 3.60. The van der Waals surface area contributed by atoms with Crippen LogP contribution >= 0.6 is 0 Å². The first-order valence-electron chi connectivity index (χ1n) is 8.68. The Kier molecular flexibility index (Phi) is 4.14. The summed E-state index contributed by atoms with van der Waals surface area (Å²) >= 11 is 0. The molecule has 0 saturated heterocycles. The molecule has 1 heterocycles. The number of carbonyl (C=O) groups excluding carboxylic acids is 1. The average molecular weight is 336 g/mol. The van der Waals surface area contributed by atoms with Gasteiger partial charge < -0.3 is 9.73 Å². The quantitative estimate of drug-likeness (QED) is 0.778. The number of hydrogen-bond acceptors (Lipinski definition) is 3. The van der Waals surface area contributed by atoms with E-state index in [0.717, 1.165) is 18.4 Å². The summed E-state index contributed by atoms with van der Waals surface area (Å²) in [5.41, 5.74) is 3.91. The molecule has 0 radical (unpaired) electrons. The molecule has 0 aliphatic heterocycles. The van der Waals surface area contributed by atoms with Crippen molar-refractivity contribution < 1.29 is 9.21 Å². The van der Waals surface area contributed by atoms with Gasteiger partial charge >= 0.3 is 5.76 Å². The lowest BCUT2D eigenvalue weighted by Gasteiger charge is -2.14. The number of aromatic nitrogens is 1. The number of aryl methyl sites for hydroxylation is 2. The van der Waals surface area contributed by atoms with E-state index < -0.39 is 0 Å². The third-order valence-corrected chi connectivity index (χ3v) is 4.83. The topological polar surface area (TPSA) is 64.2 Å². The van der Waals surface area contributed by atoms with Crippen molar-refractivity contribution in [1.82, 2.24) is 9.88 Å². The Hall–Kier alpha value is -2.82. The van der Waals surface area contributed by atoms with Gasteiger partial charge in [-0.2, -0.15) is 0 Å². The third-order valence-electron chi connectivity index (χ3n) is 4.83. The predicted octanol–water partition coefficient (Wildman–Crippen LogP) is 3.18. The summed E-state index contributed by atoms with van der Waals surface area (Å²) < 4.78 is 6.80. The van der Waals surface area contributed by atoms with E-state index in [2.05, 4.69) is 17.4 Å². The summed E-state index contributed by atoms with van der Waals surface area (Å²) in [5, 5.41) is 3.12. The van der Waals surface area contributed by atoms with Crippen LogP contribution in [-0.4, -0.2) is 10.5 Å². The SMILES string of the molecule is O=C(CCCn1c(=O)oc2ccccc21)N[C@H]1CCc2ccccc21. The molecule has 3 aromatic rings. The lowest BCUT2D eigenvalue weighted by molar-refractivity contribution is -0.122. The molecule has 5 nitrogen and oxygen atoms in total. The minimum absolute atomic E-state index is 0.0301. The van der Waals surface area contributed by atoms with Crippen molar-refractivity contribution in [1.29, 1.82) is 0 Å². The van der Waals surface area contributed by atoms with Crippen LogP contribution in [0, 0.1) is 0 Å². The second-order valence-corrected chi connectivity index (χ2v) is 6.45. The van der Waals surface area contributed by atoms with E-state index >= 15 is 0 Å². The monoisotopic (exact) mass is 336 g/mol. The first-order valence-corrected chi connectivity index (χ1v) is 8.68. The van der Waals surface area contributed by atoms with E-state index in [9.17, 15) is 9.59 Å². The van der Waals surface area contributed by atoms with Crippen molar-refractivity contribution in [3.05, 3.63) is 70.2 Å². The van der Waals surface area contributed by atoms with E-state index in [0.29, 0.717) is 25.0 Å². The molecule has 1 N–H and O–H groups in total. The van der Waals surface area contributed by atoms with Gasteiger partial charge in [-0.1, -0.05) is 36.4 Å². The number of para-hydroxylation sites is 2. The van der Waals surface area contributed by atoms with Crippen molar-refractivity contribution in [2.24, 2.45) is 0 Å². The third kappa shape index (κ3) is 3.09. The van der Waals surface area contributed by atoms with Gasteiger partial charge in [-0.15, -0.1) is 0 Å². The highest BCUT2D eigenvalue weighted by Crippen LogP contribution is 2.30. The predicted molar refractivity (Wildman–Crippen MR) is 95.4 cm³/mol. The van der Waals surface area contributed by atoms with Crippen LogP contribution in [0.1, 0.15) is 36.4 Å². The van der Waals surface area contributed by atoms with E-state index in [1.807, 2.05) is 30.3 Å². The Morgan fingerprint density at radius 3 is 2.88 bits per heavy atom. The van der Waals surface area contributed by atoms with E-state index in [1.165, 1.54) is 11.1 Å². The lowest BCUT2D eigenvalue weighted by atomic mass is 10.1. The van der Waals surface area contributed by atoms with Crippen LogP contribution in [0.2, 0.25) is 0 Å². The molecule has 128 valence electrons. The molecule has 2 aromatic carbocycles. The largest absolute Gasteiger partial charge is 0.419 e. The maximum absolute atomic E-state index is 12.3. The van der Waals surface area contributed by atoms with Gasteiger partial charge in [0, 0.05) is 13.0 Å². The van der Waals surface area contributed by atoms with Gasteiger partial charge in [0.2, 0.25) is 5.91 Å². The number of benzene rings is 2. The molecule has 0 fully saturated rings. The normalized spacial score (nSPS) is 16.1. The average Bonchev–Trinajstić information content (AvgIpc) is 3.16. The van der Waals surface area contributed by atoms with Crippen molar-refractivity contribution in [3.8, 4) is 0 Å². The Labute approximate surface area is 145 Å². The molecule has 0 spiro atoms. The van der Waals surface area contributed by atoms with Gasteiger partial charge in [0.1, 0.15) is 0 Å². The molecule has 1 aromatic heterocycles. The maximum Gasteiger partial charge on any atom is 0.419 e. The van der Waals surface area contributed by atoms with Gasteiger partial charge in [-0.25, -0.2) is 4.79 Å². The molecule has 1 amide bonds. The summed E-state index contributed by atoms with van der Waals surface area (Å²) in [6.07, 6.45) is 2.96. The molecule has 4 rings (SSSR count). The first kappa shape index (κ1) is 15.7. The second-order valence-electron chi connectivity index (χ2n) is 6.45. The van der Waals surface area contributed by atoms with Crippen LogP contribution in [0.3, 0.4) is 0 Å². The Morgan fingerprint density at radius 1 is 1.16 bits per heavy atom. The highest BCUT2D eigenvalue weighted by molar-refractivity contribution is 5.76. The van der Waals surface area contributed by atoms with Gasteiger partial charge in [0.25, 0.3) is 0 Å². The molecule has 0 saturated carbocycles. The number of amides is 1. The number of rotatable bonds is 5. The molecule has 25 heavy (non-hydrogen) atoms. The van der Waals surface area contributed by atoms with Crippen LogP contribution in [0.15, 0.2) is 57.7 Å². The minimum Gasteiger partial charge on any atom is -0.408 e. The fraction of sp³-hybridized carbons (Fsp3) is 0.300. The summed E-state index contributed by atoms with van der Waals surface area (Å²) in [4.78, 5) is 24.2. The Morgan fingerprint density at radius 2 is 1.96 bits per heavy atom. The van der Waals surface area contributed by atoms with Gasteiger partial charge in [-0.05, 0) is 42.5 Å². The molecule has 1 aliphatic carbocycles. The van der Waals surface area contributed by atoms with Crippen LogP contribution in [0.4, 0.5) is 0 Å². The summed E-state index contributed by atoms with van der Waals surface area (Å²) in [7, 11) is 0. The fourth-order valence-electron chi connectivity index (χ4n) is 3.60. The van der Waals surface area contributed by atoms with Gasteiger partial charge in [0.05, 0.1) is 11.6 Å². The van der Waals surface area contributed by atoms with Gasteiger partial charge in [0.15, 0.2) is 5.58 Å². The van der Waals surface area contributed by atoms with Gasteiger partial charge in [-0.3, -0.25) is 9.36 Å². The van der Waals surface area contributed by atoms with E-state index in [-0.39, 0.29) is 17.7 Å². The number of hydrogen-bond donors (Lipinski definition) is 1. The van der Waals surface area contributed by atoms with Crippen molar-refractivity contribution in [2.45, 2.75) is 38.3 Å². The van der Waals surface area contributed by atoms with E-state index in [1.54, 1.807) is 10.6 Å². The smallest absolute Gasteiger partial charge is 0.408 e. The summed E-state index contributed by atoms with van der Waals surface area (Å²) in [6, 6.07) is 15.7. The first-order chi connectivity index (χ1) is 12.2. The maximum atomic E-state index is 12.3. The number of nitrogens with one attached hydrogen (secondary N) is 1. The van der Waals surface area contributed by atoms with Crippen LogP contribution in [-0.2, 0) is 17.8 Å². The highest BCUT2D eigenvalue weighted by Gasteiger charge is 2.23. The lowest BCUT2D eigenvalue weighted by Crippen LogP contribution is -2.27. The summed E-state index contributed by atoms with van der Waals surface area (Å²) in [6.45, 7) is 0.477. The van der Waals surface area contributed by atoms with Crippen LogP contribution in [0.25, 0.3) is 11.1 Å². The van der Waals surface area contributed by atoms with Crippen LogP contribution < -0.4 is 11.1 Å². The zero-order valence-electron chi connectivity index (χ0n) is 13.9. The van der Waals surface area contributed by atoms with Crippen molar-refractivity contribution in [2.75, 3.05) is 0 Å². The minimum atomic E-state index is -0.369. The summed E-state index contributed by atoms with van der Waals surface area (Å²) in [5.74, 6) is -0.339. The second kappa shape index (κ2) is 6.59. The van der Waals surface area contributed by atoms with Crippen molar-refractivity contribution >= 4 is 17.0 Å². The van der Waals surface area contributed by atoms with Crippen LogP contribution in [0.5, 0.6) is 0 Å². The highest BCUT2D eigenvalue weighted by atomic mass is 16.4. The van der Waals surface area contributed by atoms with E-state index in [4.69, 9.17) is 4.42 Å². The Bertz CT molecular complexity index is 970. The number of nitrogens with zero attached hydrogens (tertiary/aromatic N) is 1. The number of oxazole rings is 1. The molecule has 0 bridgehead atoms. The molecular formula is C20H20N2O3. The number of carbonyl (C=O) groups is 1. The molecule has 5 heteroatoms. The standard InChI is InChI=1S/C20H20N2O3/c23-19(21-16-12-11-14-6-1-2-7-15(14)16)10-5-13-22-17-8-3-4-9-18(17)25-20(22)24/h1-4,6-9,16H,5,10-13H2,(H,21,23)/t16-/m0/s1. The molecular weight excluding hydrogens is 316 g/mol. The zero-order chi connectivity index (χ0) is 17.2. The number of fused-ring (bicyclic) bond motifs is 2. The molecule has 1 atom stereocenters. The Balaban J connectivity index is 1.35. The molecule has 1 aliphatic rings. The zero-order valence-corrected chi connectivity index (χ0v) is 13.9. The van der Waals surface area contributed by atoms with Crippen molar-refractivity contribution in [3.63, 3.8) is 0 Å². The molecule has 0 unspecified atom stereocenters.